The molecule has 2 rings (SSSR count). The lowest BCUT2D eigenvalue weighted by atomic mass is 9.92. The minimum atomic E-state index is -0.219. The fourth-order valence-corrected chi connectivity index (χ4v) is 3.61. The second kappa shape index (κ2) is 6.38. The van der Waals surface area contributed by atoms with Crippen molar-refractivity contribution in [3.05, 3.63) is 0 Å². The molecule has 0 aromatic rings. The molecule has 1 saturated carbocycles. The van der Waals surface area contributed by atoms with Gasteiger partial charge in [0.25, 0.3) is 0 Å². The molecule has 0 N–H and O–H groups in total. The van der Waals surface area contributed by atoms with E-state index in [1.165, 1.54) is 32.1 Å². The van der Waals surface area contributed by atoms with Crippen LogP contribution in [0.15, 0.2) is 0 Å². The summed E-state index contributed by atoms with van der Waals surface area (Å²) in [6.45, 7) is 3.96. The molecule has 1 amide bonds. The van der Waals surface area contributed by atoms with Crippen LogP contribution in [0.5, 0.6) is 0 Å². The Kier molecular flexibility index (Phi) is 4.81. The molecule has 0 radical (unpaired) electrons. The van der Waals surface area contributed by atoms with Crippen LogP contribution in [0.2, 0.25) is 0 Å². The number of hydrogen-bond acceptors (Lipinski definition) is 3. The Morgan fingerprint density at radius 1 is 1.26 bits per heavy atom. The summed E-state index contributed by atoms with van der Waals surface area (Å²) >= 11 is 0. The predicted molar refractivity (Wildman–Crippen MR) is 74.4 cm³/mol. The van der Waals surface area contributed by atoms with Gasteiger partial charge in [0.2, 0.25) is 5.91 Å². The lowest BCUT2D eigenvalue weighted by molar-refractivity contribution is -0.135. The summed E-state index contributed by atoms with van der Waals surface area (Å²) in [4.78, 5) is 16.6. The lowest BCUT2D eigenvalue weighted by Crippen LogP contribution is -2.50. The molecule has 0 aromatic heterocycles. The number of hydrogen-bond donors (Lipinski definition) is 0. The summed E-state index contributed by atoms with van der Waals surface area (Å²) in [7, 11) is 1.87. The number of carbonyl (C=O) groups excluding carboxylic acids is 1. The van der Waals surface area contributed by atoms with Gasteiger partial charge in [0, 0.05) is 26.2 Å². The van der Waals surface area contributed by atoms with Gasteiger partial charge in [-0.3, -0.25) is 9.69 Å². The lowest BCUT2D eigenvalue weighted by Gasteiger charge is -2.38. The van der Waals surface area contributed by atoms with Crippen molar-refractivity contribution in [1.82, 2.24) is 9.80 Å². The number of likely N-dealkylation sites (N-methyl/N-ethyl adjacent to an activating group) is 1. The molecular formula is C15H25N3O. The van der Waals surface area contributed by atoms with E-state index in [2.05, 4.69) is 17.9 Å². The molecule has 106 valence electrons. The van der Waals surface area contributed by atoms with E-state index >= 15 is 0 Å². The molecule has 0 aromatic carbocycles. The summed E-state index contributed by atoms with van der Waals surface area (Å²) in [6, 6.07) is 2.50. The van der Waals surface area contributed by atoms with Crippen molar-refractivity contribution >= 4 is 5.91 Å². The highest BCUT2D eigenvalue weighted by Gasteiger charge is 2.37. The number of rotatable bonds is 2. The van der Waals surface area contributed by atoms with Crippen molar-refractivity contribution in [1.29, 1.82) is 5.26 Å². The molecule has 2 unspecified atom stereocenters. The third-order valence-corrected chi connectivity index (χ3v) is 4.50. The van der Waals surface area contributed by atoms with Gasteiger partial charge in [-0.2, -0.15) is 5.26 Å². The fourth-order valence-electron chi connectivity index (χ4n) is 3.61. The Bertz CT molecular complexity index is 357. The Hall–Kier alpha value is -1.08. The third-order valence-electron chi connectivity index (χ3n) is 4.50. The van der Waals surface area contributed by atoms with Crippen molar-refractivity contribution in [2.45, 2.75) is 57.5 Å². The molecule has 1 aliphatic carbocycles. The third kappa shape index (κ3) is 3.27. The maximum atomic E-state index is 12.5. The SMILES string of the molecule is CC1CN(C)C(=O)C(CC#N)N(C2CCCCC2)C1. The summed E-state index contributed by atoms with van der Waals surface area (Å²) in [5.74, 6) is 0.621. The molecule has 1 aliphatic heterocycles. The quantitative estimate of drug-likeness (QED) is 0.765. The van der Waals surface area contributed by atoms with Crippen molar-refractivity contribution in [2.24, 2.45) is 5.92 Å². The van der Waals surface area contributed by atoms with E-state index in [1.807, 2.05) is 11.9 Å². The highest BCUT2D eigenvalue weighted by molar-refractivity contribution is 5.82. The normalized spacial score (nSPS) is 31.0. The Balaban J connectivity index is 2.19. The Morgan fingerprint density at radius 2 is 1.95 bits per heavy atom. The van der Waals surface area contributed by atoms with Gasteiger partial charge >= 0.3 is 0 Å². The van der Waals surface area contributed by atoms with E-state index in [9.17, 15) is 4.79 Å². The minimum absolute atomic E-state index is 0.136. The summed E-state index contributed by atoms with van der Waals surface area (Å²) < 4.78 is 0. The molecule has 2 fully saturated rings. The van der Waals surface area contributed by atoms with E-state index in [1.54, 1.807) is 0 Å². The fraction of sp³-hybridized carbons (Fsp3) is 0.867. The van der Waals surface area contributed by atoms with Gasteiger partial charge in [-0.05, 0) is 18.8 Å². The van der Waals surface area contributed by atoms with Gasteiger partial charge in [0.05, 0.1) is 12.5 Å². The molecule has 0 spiro atoms. The number of amides is 1. The van der Waals surface area contributed by atoms with Gasteiger partial charge in [-0.25, -0.2) is 0 Å². The van der Waals surface area contributed by atoms with Crippen LogP contribution < -0.4 is 0 Å². The van der Waals surface area contributed by atoms with Crippen LogP contribution in [0.1, 0.15) is 45.4 Å². The molecule has 1 saturated heterocycles. The van der Waals surface area contributed by atoms with Crippen LogP contribution >= 0.6 is 0 Å². The summed E-state index contributed by atoms with van der Waals surface area (Å²) in [5.41, 5.74) is 0. The smallest absolute Gasteiger partial charge is 0.240 e. The van der Waals surface area contributed by atoms with Crippen molar-refractivity contribution in [3.8, 4) is 6.07 Å². The number of carbonyl (C=O) groups is 1. The monoisotopic (exact) mass is 263 g/mol. The molecule has 19 heavy (non-hydrogen) atoms. The first-order valence-corrected chi connectivity index (χ1v) is 7.51. The Morgan fingerprint density at radius 3 is 2.58 bits per heavy atom. The van der Waals surface area contributed by atoms with Crippen LogP contribution in [0, 0.1) is 17.2 Å². The van der Waals surface area contributed by atoms with E-state index in [4.69, 9.17) is 5.26 Å². The zero-order chi connectivity index (χ0) is 13.8. The topological polar surface area (TPSA) is 47.3 Å². The predicted octanol–water partition coefficient (Wildman–Crippen LogP) is 2.01. The molecule has 2 aliphatic rings. The molecule has 4 nitrogen and oxygen atoms in total. The summed E-state index contributed by atoms with van der Waals surface area (Å²) in [6.07, 6.45) is 6.54. The van der Waals surface area contributed by atoms with Gasteiger partial charge in [0.1, 0.15) is 6.04 Å². The average Bonchev–Trinajstić information content (AvgIpc) is 2.52. The maximum absolute atomic E-state index is 12.5. The molecular weight excluding hydrogens is 238 g/mol. The highest BCUT2D eigenvalue weighted by atomic mass is 16.2. The second-order valence-electron chi connectivity index (χ2n) is 6.19. The first-order chi connectivity index (χ1) is 9.13. The molecule has 0 bridgehead atoms. The van der Waals surface area contributed by atoms with Crippen molar-refractivity contribution in [3.63, 3.8) is 0 Å². The Labute approximate surface area is 116 Å². The van der Waals surface area contributed by atoms with Crippen molar-refractivity contribution in [2.75, 3.05) is 20.1 Å². The van der Waals surface area contributed by atoms with E-state index in [-0.39, 0.29) is 11.9 Å². The van der Waals surface area contributed by atoms with Gasteiger partial charge in [0.15, 0.2) is 0 Å². The van der Waals surface area contributed by atoms with Gasteiger partial charge in [-0.15, -0.1) is 0 Å². The van der Waals surface area contributed by atoms with E-state index < -0.39 is 0 Å². The number of nitrogens with zero attached hydrogens (tertiary/aromatic N) is 3. The highest BCUT2D eigenvalue weighted by Crippen LogP contribution is 2.28. The van der Waals surface area contributed by atoms with Crippen LogP contribution in [0.4, 0.5) is 0 Å². The largest absolute Gasteiger partial charge is 0.344 e. The molecule has 1 heterocycles. The summed E-state index contributed by atoms with van der Waals surface area (Å²) in [5, 5.41) is 9.05. The standard InChI is InChI=1S/C15H25N3O/c1-12-10-17(2)15(19)14(8-9-16)18(11-12)13-6-4-3-5-7-13/h12-14H,3-8,10-11H2,1-2H3. The first-order valence-electron chi connectivity index (χ1n) is 7.51. The zero-order valence-electron chi connectivity index (χ0n) is 12.1. The maximum Gasteiger partial charge on any atom is 0.240 e. The molecule has 2 atom stereocenters. The second-order valence-corrected chi connectivity index (χ2v) is 6.19. The van der Waals surface area contributed by atoms with Crippen LogP contribution in [-0.4, -0.2) is 47.9 Å². The van der Waals surface area contributed by atoms with Crippen LogP contribution in [0.25, 0.3) is 0 Å². The van der Waals surface area contributed by atoms with Gasteiger partial charge < -0.3 is 4.90 Å². The minimum Gasteiger partial charge on any atom is -0.344 e. The average molecular weight is 263 g/mol. The van der Waals surface area contributed by atoms with E-state index in [0.29, 0.717) is 18.4 Å². The van der Waals surface area contributed by atoms with Crippen molar-refractivity contribution < 1.29 is 4.79 Å². The van der Waals surface area contributed by atoms with E-state index in [0.717, 1.165) is 13.1 Å². The molecule has 4 heteroatoms. The van der Waals surface area contributed by atoms with Gasteiger partial charge in [-0.1, -0.05) is 26.2 Å². The first kappa shape index (κ1) is 14.3. The van der Waals surface area contributed by atoms with Crippen LogP contribution in [0.3, 0.4) is 0 Å². The number of nitriles is 1. The zero-order valence-corrected chi connectivity index (χ0v) is 12.1. The van der Waals surface area contributed by atoms with Crippen LogP contribution in [-0.2, 0) is 4.79 Å².